The molecule has 0 radical (unpaired) electrons. The van der Waals surface area contributed by atoms with Crippen molar-refractivity contribution in [3.63, 3.8) is 0 Å². The maximum absolute atomic E-state index is 12.9. The molecule has 1 amide bonds. The maximum Gasteiger partial charge on any atom is 0.230 e. The van der Waals surface area contributed by atoms with Crippen LogP contribution in [-0.4, -0.2) is 19.0 Å². The first kappa shape index (κ1) is 16.5. The summed E-state index contributed by atoms with van der Waals surface area (Å²) in [6.07, 6.45) is 1.65. The zero-order valence-corrected chi connectivity index (χ0v) is 13.6. The van der Waals surface area contributed by atoms with Gasteiger partial charge in [-0.15, -0.1) is 0 Å². The van der Waals surface area contributed by atoms with Crippen LogP contribution < -0.4 is 15.4 Å². The smallest absolute Gasteiger partial charge is 0.230 e. The van der Waals surface area contributed by atoms with Crippen LogP contribution in [0.4, 0.5) is 10.1 Å². The van der Waals surface area contributed by atoms with E-state index in [1.165, 1.54) is 12.1 Å². The first-order valence-corrected chi connectivity index (χ1v) is 8.11. The lowest BCUT2D eigenvalue weighted by Gasteiger charge is -2.32. The lowest BCUT2D eigenvalue weighted by atomic mass is 9.80. The van der Waals surface area contributed by atoms with Gasteiger partial charge in [0.05, 0.1) is 0 Å². The molecule has 1 heterocycles. The number of rotatable bonds is 4. The Morgan fingerprint density at radius 3 is 2.54 bits per heavy atom. The zero-order valence-electron chi connectivity index (χ0n) is 13.6. The summed E-state index contributed by atoms with van der Waals surface area (Å²) in [5.74, 6) is 0.863. The van der Waals surface area contributed by atoms with Crippen molar-refractivity contribution in [2.24, 2.45) is 5.41 Å². The summed E-state index contributed by atoms with van der Waals surface area (Å²) in [6.45, 7) is 3.72. The van der Waals surface area contributed by atoms with Crippen molar-refractivity contribution in [1.29, 1.82) is 0 Å². The van der Waals surface area contributed by atoms with Crippen LogP contribution in [0.1, 0.15) is 19.8 Å². The first-order chi connectivity index (χ1) is 11.5. The van der Waals surface area contributed by atoms with Crippen molar-refractivity contribution < 1.29 is 13.9 Å². The van der Waals surface area contributed by atoms with E-state index in [-0.39, 0.29) is 17.1 Å². The van der Waals surface area contributed by atoms with Crippen LogP contribution in [0.25, 0.3) is 0 Å². The summed E-state index contributed by atoms with van der Waals surface area (Å²) in [5.41, 5.74) is 0.346. The summed E-state index contributed by atoms with van der Waals surface area (Å²) in [6, 6.07) is 13.0. The van der Waals surface area contributed by atoms with Crippen molar-refractivity contribution in [1.82, 2.24) is 5.32 Å². The van der Waals surface area contributed by atoms with Crippen LogP contribution in [0, 0.1) is 11.2 Å². The van der Waals surface area contributed by atoms with E-state index < -0.39 is 0 Å². The van der Waals surface area contributed by atoms with Gasteiger partial charge in [-0.05, 0) is 62.3 Å². The lowest BCUT2D eigenvalue weighted by molar-refractivity contribution is -0.126. The fraction of sp³-hybridized carbons (Fsp3) is 0.316. The Kier molecular flexibility index (Phi) is 4.81. The summed E-state index contributed by atoms with van der Waals surface area (Å²) >= 11 is 0. The Hall–Kier alpha value is -2.40. The van der Waals surface area contributed by atoms with Gasteiger partial charge in [0.25, 0.3) is 0 Å². The molecule has 1 aliphatic heterocycles. The van der Waals surface area contributed by atoms with Crippen molar-refractivity contribution in [3.05, 3.63) is 54.3 Å². The van der Waals surface area contributed by atoms with E-state index in [0.717, 1.165) is 25.9 Å². The molecule has 0 saturated carbocycles. The molecule has 0 unspecified atom stereocenters. The van der Waals surface area contributed by atoms with Crippen LogP contribution in [-0.2, 0) is 4.79 Å². The van der Waals surface area contributed by atoms with Crippen molar-refractivity contribution in [3.8, 4) is 11.5 Å². The van der Waals surface area contributed by atoms with Gasteiger partial charge >= 0.3 is 0 Å². The average molecular weight is 328 g/mol. The third kappa shape index (κ3) is 3.92. The van der Waals surface area contributed by atoms with Gasteiger partial charge in [-0.2, -0.15) is 0 Å². The highest BCUT2D eigenvalue weighted by Crippen LogP contribution is 2.30. The summed E-state index contributed by atoms with van der Waals surface area (Å²) in [7, 11) is 0. The SMILES string of the molecule is CC1(C(=O)Nc2cccc(Oc3ccc(F)cc3)c2)CCNCC1. The number of hydrogen-bond donors (Lipinski definition) is 2. The molecule has 4 nitrogen and oxygen atoms in total. The van der Waals surface area contributed by atoms with Gasteiger partial charge in [0, 0.05) is 17.2 Å². The number of hydrogen-bond acceptors (Lipinski definition) is 3. The Labute approximate surface area is 141 Å². The van der Waals surface area contributed by atoms with E-state index in [4.69, 9.17) is 4.74 Å². The van der Waals surface area contributed by atoms with Crippen LogP contribution in [0.5, 0.6) is 11.5 Å². The minimum absolute atomic E-state index is 0.0305. The van der Waals surface area contributed by atoms with E-state index in [1.54, 1.807) is 24.3 Å². The van der Waals surface area contributed by atoms with Gasteiger partial charge in [0.1, 0.15) is 17.3 Å². The summed E-state index contributed by atoms with van der Waals surface area (Å²) in [4.78, 5) is 12.6. The number of benzene rings is 2. The topological polar surface area (TPSA) is 50.4 Å². The number of piperidine rings is 1. The molecule has 1 aliphatic rings. The number of halogens is 1. The van der Waals surface area contributed by atoms with Crippen molar-refractivity contribution >= 4 is 11.6 Å². The number of carbonyl (C=O) groups is 1. The first-order valence-electron chi connectivity index (χ1n) is 8.11. The van der Waals surface area contributed by atoms with Crippen LogP contribution in [0.2, 0.25) is 0 Å². The van der Waals surface area contributed by atoms with Crippen molar-refractivity contribution in [2.45, 2.75) is 19.8 Å². The van der Waals surface area contributed by atoms with E-state index in [9.17, 15) is 9.18 Å². The Morgan fingerprint density at radius 1 is 1.12 bits per heavy atom. The predicted molar refractivity (Wildman–Crippen MR) is 91.8 cm³/mol. The average Bonchev–Trinajstić information content (AvgIpc) is 2.58. The fourth-order valence-electron chi connectivity index (χ4n) is 2.76. The summed E-state index contributed by atoms with van der Waals surface area (Å²) in [5, 5.41) is 6.25. The van der Waals surface area contributed by atoms with E-state index >= 15 is 0 Å². The third-order valence-corrected chi connectivity index (χ3v) is 4.40. The second kappa shape index (κ2) is 7.01. The van der Waals surface area contributed by atoms with Crippen molar-refractivity contribution in [2.75, 3.05) is 18.4 Å². The van der Waals surface area contributed by atoms with Gasteiger partial charge in [0.15, 0.2) is 0 Å². The molecule has 3 rings (SSSR count). The van der Waals surface area contributed by atoms with Gasteiger partial charge in [-0.25, -0.2) is 4.39 Å². The van der Waals surface area contributed by atoms with Gasteiger partial charge in [-0.3, -0.25) is 4.79 Å². The molecule has 2 aromatic carbocycles. The minimum atomic E-state index is -0.348. The van der Waals surface area contributed by atoms with Gasteiger partial charge < -0.3 is 15.4 Å². The monoisotopic (exact) mass is 328 g/mol. The molecule has 2 aromatic rings. The number of anilines is 1. The normalized spacial score (nSPS) is 16.4. The Balaban J connectivity index is 1.68. The number of carbonyl (C=O) groups excluding carboxylic acids is 1. The predicted octanol–water partition coefficient (Wildman–Crippen LogP) is 3.95. The number of nitrogens with one attached hydrogen (secondary N) is 2. The molecule has 0 bridgehead atoms. The zero-order chi connectivity index (χ0) is 17.0. The molecule has 0 atom stereocenters. The highest BCUT2D eigenvalue weighted by atomic mass is 19.1. The number of ether oxygens (including phenoxy) is 1. The lowest BCUT2D eigenvalue weighted by Crippen LogP contribution is -2.42. The molecule has 0 aliphatic carbocycles. The Bertz CT molecular complexity index is 710. The molecule has 1 fully saturated rings. The molecular formula is C19H21FN2O2. The molecule has 0 spiro atoms. The van der Waals surface area contributed by atoms with E-state index in [1.807, 2.05) is 19.1 Å². The second-order valence-corrected chi connectivity index (χ2v) is 6.35. The quantitative estimate of drug-likeness (QED) is 0.893. The third-order valence-electron chi connectivity index (χ3n) is 4.40. The highest BCUT2D eigenvalue weighted by molar-refractivity contribution is 5.95. The molecular weight excluding hydrogens is 307 g/mol. The Morgan fingerprint density at radius 2 is 1.83 bits per heavy atom. The fourth-order valence-corrected chi connectivity index (χ4v) is 2.76. The maximum atomic E-state index is 12.9. The van der Waals surface area contributed by atoms with Crippen LogP contribution in [0.15, 0.2) is 48.5 Å². The second-order valence-electron chi connectivity index (χ2n) is 6.35. The summed E-state index contributed by atoms with van der Waals surface area (Å²) < 4.78 is 18.6. The molecule has 5 heteroatoms. The largest absolute Gasteiger partial charge is 0.457 e. The van der Waals surface area contributed by atoms with E-state index in [0.29, 0.717) is 17.2 Å². The minimum Gasteiger partial charge on any atom is -0.457 e. The molecule has 1 saturated heterocycles. The molecule has 0 aromatic heterocycles. The van der Waals surface area contributed by atoms with E-state index in [2.05, 4.69) is 10.6 Å². The molecule has 2 N–H and O–H groups in total. The van der Waals surface area contributed by atoms with Gasteiger partial charge in [0.2, 0.25) is 5.91 Å². The van der Waals surface area contributed by atoms with Gasteiger partial charge in [-0.1, -0.05) is 13.0 Å². The van der Waals surface area contributed by atoms with Crippen LogP contribution in [0.3, 0.4) is 0 Å². The highest BCUT2D eigenvalue weighted by Gasteiger charge is 2.34. The van der Waals surface area contributed by atoms with Crippen LogP contribution >= 0.6 is 0 Å². The standard InChI is InChI=1S/C19H21FN2O2/c1-19(9-11-21-12-10-19)18(23)22-15-3-2-4-17(13-15)24-16-7-5-14(20)6-8-16/h2-8,13,21H,9-12H2,1H3,(H,22,23). The molecule has 24 heavy (non-hydrogen) atoms. The molecule has 126 valence electrons. The number of amides is 1.